The standard InChI is InChI=1S/C27H32N2.2CH3.Pd/c1-5-8-12-22-14-11-16-24(19-22)27-25(17-9-6-2)20(4)26(29(27)28)23-15-10-13-21(7-3)18-23;;;/h9-11,13-19H,5-8,12H2,1-4H3;2*1H3;. The van der Waals surface area contributed by atoms with Crippen LogP contribution in [0.5, 0.6) is 0 Å². The maximum atomic E-state index is 11.3. The van der Waals surface area contributed by atoms with Crippen molar-refractivity contribution in [2.24, 2.45) is 0 Å². The number of aryl methyl sites for hydroxylation is 2. The van der Waals surface area contributed by atoms with Gasteiger partial charge in [0, 0.05) is 16.7 Å². The van der Waals surface area contributed by atoms with Crippen LogP contribution in [0.4, 0.5) is 0 Å². The Morgan fingerprint density at radius 2 is 1.50 bits per heavy atom. The molecule has 0 spiro atoms. The molecule has 0 N–H and O–H groups in total. The van der Waals surface area contributed by atoms with Crippen molar-refractivity contribution in [3.63, 3.8) is 0 Å². The Morgan fingerprint density at radius 1 is 0.906 bits per heavy atom. The second kappa shape index (κ2) is 13.5. The molecule has 0 aliphatic carbocycles. The van der Waals surface area contributed by atoms with E-state index in [9.17, 15) is 5.53 Å². The molecule has 0 atom stereocenters. The van der Waals surface area contributed by atoms with Crippen molar-refractivity contribution in [1.29, 1.82) is 0 Å². The summed E-state index contributed by atoms with van der Waals surface area (Å²) in [6.45, 7) is 8.63. The van der Waals surface area contributed by atoms with Crippen molar-refractivity contribution < 1.29 is 22.7 Å². The molecule has 2 nitrogen and oxygen atoms in total. The normalized spacial score (nSPS) is 13.9. The topological polar surface area (TPSA) is 25.3 Å². The number of hydrogen-bond acceptors (Lipinski definition) is 0. The summed E-state index contributed by atoms with van der Waals surface area (Å²) in [6, 6.07) is 17.1. The molecule has 0 amide bonds. The predicted molar refractivity (Wildman–Crippen MR) is 135 cm³/mol. The molecular weight excluding hydrogens is 483 g/mol. The summed E-state index contributed by atoms with van der Waals surface area (Å²) in [5, 5.41) is 4.35. The number of rotatable bonds is 8. The van der Waals surface area contributed by atoms with E-state index < -0.39 is 0 Å². The van der Waals surface area contributed by atoms with E-state index in [4.69, 9.17) is 0 Å². The van der Waals surface area contributed by atoms with Crippen LogP contribution in [0, 0.1) is 0 Å². The third-order valence-electron chi connectivity index (χ3n) is 5.59. The van der Waals surface area contributed by atoms with Gasteiger partial charge in [0.2, 0.25) is 11.4 Å². The molecule has 3 rings (SSSR count). The van der Waals surface area contributed by atoms with E-state index in [1.165, 1.54) is 28.7 Å². The summed E-state index contributed by atoms with van der Waals surface area (Å²) in [7, 11) is 0. The van der Waals surface area contributed by atoms with Crippen LogP contribution in [-0.2, 0) is 30.8 Å². The van der Waals surface area contributed by atoms with Crippen LogP contribution in [-0.4, -0.2) is 4.70 Å². The molecule has 3 heteroatoms. The molecular formula is C29H38N2Pd. The number of allylic oxidation sites excluding steroid dienone is 4. The van der Waals surface area contributed by atoms with E-state index in [0.29, 0.717) is 0 Å². The maximum absolute atomic E-state index is 11.3. The molecule has 0 unspecified atom stereocenters. The Morgan fingerprint density at radius 3 is 2.09 bits per heavy atom. The van der Waals surface area contributed by atoms with Crippen molar-refractivity contribution in [3.05, 3.63) is 99.6 Å². The summed E-state index contributed by atoms with van der Waals surface area (Å²) < 4.78 is 1.40. The summed E-state index contributed by atoms with van der Waals surface area (Å²) in [6.07, 6.45) is 9.70. The first-order valence-corrected chi connectivity index (χ1v) is 14.6. The first-order chi connectivity index (χ1) is 15.5. The molecule has 0 aromatic heterocycles. The van der Waals surface area contributed by atoms with Crippen LogP contribution in [0.1, 0.15) is 69.2 Å². The van der Waals surface area contributed by atoms with Crippen LogP contribution in [0.3, 0.4) is 0 Å². The van der Waals surface area contributed by atoms with E-state index in [0.717, 1.165) is 70.9 Å². The second-order valence-corrected chi connectivity index (χ2v) is 9.59. The van der Waals surface area contributed by atoms with E-state index in [1.54, 1.807) is 0 Å². The molecule has 32 heavy (non-hydrogen) atoms. The summed E-state index contributed by atoms with van der Waals surface area (Å²) in [5.74, 6) is 0. The third kappa shape index (κ3) is 6.47. The number of nitrogens with zero attached hydrogens (tertiary/aromatic N) is 2. The van der Waals surface area contributed by atoms with Crippen molar-refractivity contribution in [2.75, 3.05) is 0 Å². The van der Waals surface area contributed by atoms with Gasteiger partial charge >= 0.3 is 28.8 Å². The zero-order chi connectivity index (χ0) is 23.5. The first kappa shape index (κ1) is 26.2. The Hall–Kier alpha value is -2.08. The van der Waals surface area contributed by atoms with Gasteiger partial charge in [-0.1, -0.05) is 63.6 Å². The Kier molecular flexibility index (Phi) is 11.0. The molecule has 174 valence electrons. The fraction of sp³-hybridized carbons (Fsp3) is 0.379. The van der Waals surface area contributed by atoms with E-state index >= 15 is 0 Å². The number of unbranched alkanes of at least 4 members (excludes halogenated alkanes) is 1. The third-order valence-corrected chi connectivity index (χ3v) is 5.59. The van der Waals surface area contributed by atoms with Crippen LogP contribution in [0.2, 0.25) is 10.8 Å². The van der Waals surface area contributed by atoms with E-state index in [-0.39, 0.29) is 0 Å². The van der Waals surface area contributed by atoms with Gasteiger partial charge in [0.15, 0.2) is 0 Å². The van der Waals surface area contributed by atoms with Crippen LogP contribution in [0.15, 0.2) is 71.8 Å². The summed E-state index contributed by atoms with van der Waals surface area (Å²) in [5.41, 5.74) is 20.0. The molecule has 0 radical (unpaired) electrons. The summed E-state index contributed by atoms with van der Waals surface area (Å²) in [4.78, 5) is 0. The van der Waals surface area contributed by atoms with Gasteiger partial charge < -0.3 is 5.53 Å². The first-order valence-electron chi connectivity index (χ1n) is 11.5. The van der Waals surface area contributed by atoms with Crippen molar-refractivity contribution >= 4 is 11.4 Å². The number of hydrogen-bond donors (Lipinski definition) is 0. The van der Waals surface area contributed by atoms with Gasteiger partial charge in [0.25, 0.3) is 0 Å². The number of benzene rings is 2. The van der Waals surface area contributed by atoms with Gasteiger partial charge in [-0.15, -0.1) is 0 Å². The van der Waals surface area contributed by atoms with Gasteiger partial charge in [-0.3, -0.25) is 0 Å². The van der Waals surface area contributed by atoms with Crippen molar-refractivity contribution in [3.8, 4) is 0 Å². The molecule has 1 aliphatic heterocycles. The monoisotopic (exact) mass is 520 g/mol. The molecule has 0 fully saturated rings. The van der Waals surface area contributed by atoms with Gasteiger partial charge in [-0.2, -0.15) is 0 Å². The molecule has 0 bridgehead atoms. The average Bonchev–Trinajstić information content (AvgIpc) is 3.06. The van der Waals surface area contributed by atoms with Crippen molar-refractivity contribution in [1.82, 2.24) is 0 Å². The SMILES string of the molecule is CCC=CC1=C(c2cccc(CCCC)c2)[N+](=[N-])C(c2cccc(CC)c2)=C1C.[CH3][Pd][CH3]. The Balaban J connectivity index is 0.00000114. The molecule has 0 saturated carbocycles. The quantitative estimate of drug-likeness (QED) is 0.245. The minimum absolute atomic E-state index is 0.877. The predicted octanol–water partition coefficient (Wildman–Crippen LogP) is 8.91. The van der Waals surface area contributed by atoms with Gasteiger partial charge in [-0.25, -0.2) is 4.70 Å². The van der Waals surface area contributed by atoms with Crippen LogP contribution >= 0.6 is 0 Å². The van der Waals surface area contributed by atoms with Gasteiger partial charge in [0.1, 0.15) is 0 Å². The van der Waals surface area contributed by atoms with Gasteiger partial charge in [0.05, 0.1) is 5.57 Å². The molecule has 0 saturated heterocycles. The van der Waals surface area contributed by atoms with Crippen molar-refractivity contribution in [2.45, 2.75) is 70.6 Å². The zero-order valence-electron chi connectivity index (χ0n) is 20.5. The fourth-order valence-corrected chi connectivity index (χ4v) is 3.94. The second-order valence-electron chi connectivity index (χ2n) is 8.03. The van der Waals surface area contributed by atoms with Crippen LogP contribution in [0.25, 0.3) is 16.9 Å². The molecule has 2 aromatic carbocycles. The molecule has 1 aliphatic rings. The zero-order valence-corrected chi connectivity index (χ0v) is 22.1. The average molecular weight is 521 g/mol. The fourth-order valence-electron chi connectivity index (χ4n) is 3.94. The molecule has 2 aromatic rings. The summed E-state index contributed by atoms with van der Waals surface area (Å²) >= 11 is 0.950. The Labute approximate surface area is 203 Å². The molecule has 1 heterocycles. The minimum atomic E-state index is 0.877. The van der Waals surface area contributed by atoms with E-state index in [2.05, 4.69) is 99.2 Å². The van der Waals surface area contributed by atoms with E-state index in [1.807, 2.05) is 0 Å². The van der Waals surface area contributed by atoms with Gasteiger partial charge in [-0.05, 0) is 68.0 Å². The van der Waals surface area contributed by atoms with Crippen LogP contribution < -0.4 is 0 Å². The Bertz CT molecular complexity index is 1010.